The number of amides is 1. The number of nitrogens with zero attached hydrogens (tertiary/aromatic N) is 1. The summed E-state index contributed by atoms with van der Waals surface area (Å²) in [5.74, 6) is 0.118. The van der Waals surface area contributed by atoms with E-state index < -0.39 is 18.0 Å². The monoisotopic (exact) mass is 320 g/mol. The Morgan fingerprint density at radius 1 is 1.36 bits per heavy atom. The molecule has 0 aliphatic heterocycles. The number of ether oxygens (including phenoxy) is 1. The summed E-state index contributed by atoms with van der Waals surface area (Å²) in [4.78, 5) is 24.6. The molecule has 0 radical (unpaired) electrons. The normalized spacial score (nSPS) is 11.7. The van der Waals surface area contributed by atoms with E-state index in [1.165, 1.54) is 18.7 Å². The molecule has 1 heterocycles. The average Bonchev–Trinajstić information content (AvgIpc) is 2.91. The lowest BCUT2D eigenvalue weighted by Gasteiger charge is -2.12. The van der Waals surface area contributed by atoms with E-state index in [4.69, 9.17) is 9.26 Å². The first-order chi connectivity index (χ1) is 10.5. The van der Waals surface area contributed by atoms with Gasteiger partial charge in [-0.2, -0.15) is 0 Å². The molecule has 0 spiro atoms. The number of carbonyl (C=O) groups is 2. The molecule has 0 aliphatic rings. The minimum atomic E-state index is -0.902. The van der Waals surface area contributed by atoms with Crippen LogP contribution in [0.15, 0.2) is 45.8 Å². The molecule has 0 bridgehead atoms. The zero-order valence-electron chi connectivity index (χ0n) is 12.2. The number of benzene rings is 1. The maximum Gasteiger partial charge on any atom is 0.317 e. The van der Waals surface area contributed by atoms with Gasteiger partial charge in [-0.1, -0.05) is 23.4 Å². The third-order valence-corrected chi connectivity index (χ3v) is 3.64. The topological polar surface area (TPSA) is 81.4 Å². The van der Waals surface area contributed by atoms with Gasteiger partial charge in [-0.25, -0.2) is 0 Å². The fourth-order valence-corrected chi connectivity index (χ4v) is 2.30. The first kappa shape index (κ1) is 16.1. The minimum Gasteiger partial charge on any atom is -0.452 e. The fourth-order valence-electron chi connectivity index (χ4n) is 1.60. The summed E-state index contributed by atoms with van der Waals surface area (Å²) in [7, 11) is 0. The molecule has 7 heteroatoms. The molecular formula is C15H16N2O4S. The van der Waals surface area contributed by atoms with E-state index in [0.29, 0.717) is 11.6 Å². The lowest BCUT2D eigenvalue weighted by Crippen LogP contribution is -2.30. The molecule has 1 aromatic carbocycles. The number of anilines is 1. The molecule has 0 saturated heterocycles. The van der Waals surface area contributed by atoms with E-state index in [1.807, 2.05) is 30.3 Å². The molecule has 0 aliphatic carbocycles. The molecule has 116 valence electrons. The highest BCUT2D eigenvalue weighted by molar-refractivity contribution is 8.00. The van der Waals surface area contributed by atoms with Gasteiger partial charge in [0.15, 0.2) is 11.9 Å². The van der Waals surface area contributed by atoms with Gasteiger partial charge in [-0.15, -0.1) is 11.8 Å². The van der Waals surface area contributed by atoms with Gasteiger partial charge in [-0.3, -0.25) is 9.59 Å². The Kier molecular flexibility index (Phi) is 5.60. The van der Waals surface area contributed by atoms with Gasteiger partial charge in [0, 0.05) is 11.0 Å². The number of hydrogen-bond donors (Lipinski definition) is 1. The predicted molar refractivity (Wildman–Crippen MR) is 82.6 cm³/mol. The molecular weight excluding hydrogens is 304 g/mol. The molecule has 1 N–H and O–H groups in total. The smallest absolute Gasteiger partial charge is 0.317 e. The van der Waals surface area contributed by atoms with E-state index in [2.05, 4.69) is 10.5 Å². The van der Waals surface area contributed by atoms with E-state index in [-0.39, 0.29) is 5.75 Å². The largest absolute Gasteiger partial charge is 0.452 e. The second-order valence-corrected chi connectivity index (χ2v) is 5.59. The number of thioether (sulfide) groups is 1. The van der Waals surface area contributed by atoms with Crippen molar-refractivity contribution in [2.75, 3.05) is 11.1 Å². The Hall–Kier alpha value is -2.28. The van der Waals surface area contributed by atoms with E-state index in [1.54, 1.807) is 13.0 Å². The third-order valence-electron chi connectivity index (χ3n) is 2.66. The van der Waals surface area contributed by atoms with Crippen LogP contribution >= 0.6 is 11.8 Å². The lowest BCUT2D eigenvalue weighted by atomic mass is 10.3. The van der Waals surface area contributed by atoms with Gasteiger partial charge in [0.25, 0.3) is 5.91 Å². The van der Waals surface area contributed by atoms with Crippen molar-refractivity contribution in [1.29, 1.82) is 0 Å². The molecule has 1 aromatic heterocycles. The van der Waals surface area contributed by atoms with Crippen molar-refractivity contribution in [3.05, 3.63) is 42.2 Å². The van der Waals surface area contributed by atoms with Crippen molar-refractivity contribution >= 4 is 29.5 Å². The Morgan fingerprint density at radius 2 is 2.09 bits per heavy atom. The summed E-state index contributed by atoms with van der Waals surface area (Å²) in [6.07, 6.45) is -0.902. The fraction of sp³-hybridized carbons (Fsp3) is 0.267. The summed E-state index contributed by atoms with van der Waals surface area (Å²) >= 11 is 1.36. The van der Waals surface area contributed by atoms with Crippen LogP contribution < -0.4 is 5.32 Å². The zero-order valence-corrected chi connectivity index (χ0v) is 13.1. The van der Waals surface area contributed by atoms with Crippen LogP contribution in [0.3, 0.4) is 0 Å². The van der Waals surface area contributed by atoms with Gasteiger partial charge in [0.2, 0.25) is 0 Å². The first-order valence-corrected chi connectivity index (χ1v) is 7.64. The number of carbonyl (C=O) groups excluding carboxylic acids is 2. The van der Waals surface area contributed by atoms with Crippen LogP contribution in [0.4, 0.5) is 5.82 Å². The van der Waals surface area contributed by atoms with Gasteiger partial charge in [0.1, 0.15) is 5.76 Å². The number of hydrogen-bond acceptors (Lipinski definition) is 6. The standard InChI is InChI=1S/C15H16N2O4S/c1-10-8-13(17-21-10)16-15(19)11(2)20-14(18)9-22-12-6-4-3-5-7-12/h3-8,11H,9H2,1-2H3,(H,16,17,19)/t11-/m1/s1. The Labute approximate surface area is 132 Å². The summed E-state index contributed by atoms with van der Waals surface area (Å²) < 4.78 is 9.92. The van der Waals surface area contributed by atoms with Gasteiger partial charge >= 0.3 is 5.97 Å². The molecule has 1 amide bonds. The number of rotatable bonds is 6. The quantitative estimate of drug-likeness (QED) is 0.651. The molecule has 22 heavy (non-hydrogen) atoms. The summed E-state index contributed by atoms with van der Waals surface area (Å²) in [6, 6.07) is 11.1. The Balaban J connectivity index is 1.76. The minimum absolute atomic E-state index is 0.144. The maximum atomic E-state index is 11.9. The summed E-state index contributed by atoms with van der Waals surface area (Å²) in [5, 5.41) is 6.16. The van der Waals surface area contributed by atoms with Crippen LogP contribution in [0.25, 0.3) is 0 Å². The SMILES string of the molecule is Cc1cc(NC(=O)[C@@H](C)OC(=O)CSc2ccccc2)no1. The molecule has 2 rings (SSSR count). The summed E-state index contributed by atoms with van der Waals surface area (Å²) in [5.41, 5.74) is 0. The number of aryl methyl sites for hydroxylation is 1. The molecule has 2 aromatic rings. The molecule has 0 fully saturated rings. The van der Waals surface area contributed by atoms with Crippen LogP contribution in [-0.2, 0) is 14.3 Å². The van der Waals surface area contributed by atoms with E-state index in [0.717, 1.165) is 4.90 Å². The Bertz CT molecular complexity index is 642. The van der Waals surface area contributed by atoms with Crippen LogP contribution in [0, 0.1) is 6.92 Å². The van der Waals surface area contributed by atoms with Crippen LogP contribution in [-0.4, -0.2) is 28.9 Å². The van der Waals surface area contributed by atoms with Crippen LogP contribution in [0.2, 0.25) is 0 Å². The van der Waals surface area contributed by atoms with Crippen LogP contribution in [0.5, 0.6) is 0 Å². The number of esters is 1. The van der Waals surface area contributed by atoms with Gasteiger partial charge < -0.3 is 14.6 Å². The van der Waals surface area contributed by atoms with Crippen molar-refractivity contribution in [3.63, 3.8) is 0 Å². The molecule has 1 atom stereocenters. The number of nitrogens with one attached hydrogen (secondary N) is 1. The average molecular weight is 320 g/mol. The number of aromatic nitrogens is 1. The maximum absolute atomic E-state index is 11.9. The second-order valence-electron chi connectivity index (χ2n) is 4.55. The van der Waals surface area contributed by atoms with Crippen molar-refractivity contribution in [3.8, 4) is 0 Å². The zero-order chi connectivity index (χ0) is 15.9. The second kappa shape index (κ2) is 7.65. The highest BCUT2D eigenvalue weighted by atomic mass is 32.2. The van der Waals surface area contributed by atoms with E-state index in [9.17, 15) is 9.59 Å². The first-order valence-electron chi connectivity index (χ1n) is 6.66. The van der Waals surface area contributed by atoms with Crippen LogP contribution in [0.1, 0.15) is 12.7 Å². The van der Waals surface area contributed by atoms with Crippen molar-refractivity contribution in [1.82, 2.24) is 5.16 Å². The highest BCUT2D eigenvalue weighted by Gasteiger charge is 2.19. The van der Waals surface area contributed by atoms with Crippen molar-refractivity contribution in [2.45, 2.75) is 24.8 Å². The van der Waals surface area contributed by atoms with Crippen molar-refractivity contribution in [2.24, 2.45) is 0 Å². The van der Waals surface area contributed by atoms with E-state index >= 15 is 0 Å². The van der Waals surface area contributed by atoms with Gasteiger partial charge in [0.05, 0.1) is 5.75 Å². The van der Waals surface area contributed by atoms with Crippen molar-refractivity contribution < 1.29 is 18.8 Å². The molecule has 6 nitrogen and oxygen atoms in total. The highest BCUT2D eigenvalue weighted by Crippen LogP contribution is 2.17. The third kappa shape index (κ3) is 4.92. The Morgan fingerprint density at radius 3 is 2.73 bits per heavy atom. The lowest BCUT2D eigenvalue weighted by molar-refractivity contribution is -0.150. The molecule has 0 saturated carbocycles. The predicted octanol–water partition coefficient (Wildman–Crippen LogP) is 2.65. The molecule has 0 unspecified atom stereocenters. The summed E-state index contributed by atoms with van der Waals surface area (Å²) in [6.45, 7) is 3.22. The van der Waals surface area contributed by atoms with Gasteiger partial charge in [-0.05, 0) is 26.0 Å².